The Kier molecular flexibility index (Phi) is 9.51. The molecule has 1 aliphatic heterocycles. The van der Waals surface area contributed by atoms with E-state index in [1.807, 2.05) is 66.9 Å². The molecular formula is C33H34INO6S. The number of thiophene rings is 1. The number of nitrogens with zero attached hydrogens (tertiary/aromatic N) is 1. The second-order valence-electron chi connectivity index (χ2n) is 10.8. The van der Waals surface area contributed by atoms with Gasteiger partial charge in [-0.05, 0) is 94.6 Å². The minimum Gasteiger partial charge on any atom is -0.504 e. The summed E-state index contributed by atoms with van der Waals surface area (Å²) in [5, 5.41) is 34.3. The summed E-state index contributed by atoms with van der Waals surface area (Å²) in [6.07, 6.45) is 2.42. The first-order valence-corrected chi connectivity index (χ1v) is 15.9. The molecule has 2 heterocycles. The van der Waals surface area contributed by atoms with Crippen LogP contribution in [0.1, 0.15) is 42.2 Å². The highest BCUT2D eigenvalue weighted by atomic mass is 127. The molecule has 0 bridgehead atoms. The van der Waals surface area contributed by atoms with Gasteiger partial charge in [-0.3, -0.25) is 14.5 Å². The van der Waals surface area contributed by atoms with Crippen molar-refractivity contribution in [3.8, 4) is 11.5 Å². The molecule has 3 aromatic rings. The molecule has 4 atom stereocenters. The number of likely N-dealkylation sites (tertiary alicyclic amines) is 1. The molecule has 5 rings (SSSR count). The zero-order valence-electron chi connectivity index (χ0n) is 23.5. The Morgan fingerprint density at radius 1 is 1.17 bits per heavy atom. The first kappa shape index (κ1) is 30.5. The monoisotopic (exact) mass is 699 g/mol. The van der Waals surface area contributed by atoms with Crippen molar-refractivity contribution in [2.45, 2.75) is 38.8 Å². The SMILES string of the molecule is COc1cc(/C=C(/CC[C@@H](O)C2=C(C)C[C@H]3C(=O)N(Cc4cccs4)C(=O)[C@H]3[C@H]2CO)c2ccccc2)cc(I)c1O. The summed E-state index contributed by atoms with van der Waals surface area (Å²) in [7, 11) is 1.51. The number of carbonyl (C=O) groups excluding carboxylic acids is 2. The van der Waals surface area contributed by atoms with E-state index in [2.05, 4.69) is 22.6 Å². The van der Waals surface area contributed by atoms with E-state index in [4.69, 9.17) is 4.74 Å². The number of methoxy groups -OCH3 is 1. The number of amides is 2. The molecule has 0 spiro atoms. The first-order valence-electron chi connectivity index (χ1n) is 13.9. The van der Waals surface area contributed by atoms with Crippen LogP contribution < -0.4 is 4.74 Å². The van der Waals surface area contributed by atoms with Gasteiger partial charge in [-0.15, -0.1) is 11.3 Å². The number of allylic oxidation sites excluding steroid dienone is 2. The van der Waals surface area contributed by atoms with E-state index >= 15 is 0 Å². The Morgan fingerprint density at radius 2 is 1.93 bits per heavy atom. The fourth-order valence-corrected chi connectivity index (χ4v) is 7.65. The summed E-state index contributed by atoms with van der Waals surface area (Å²) < 4.78 is 6.01. The van der Waals surface area contributed by atoms with Gasteiger partial charge in [0.2, 0.25) is 11.8 Å². The number of ether oxygens (including phenoxy) is 1. The summed E-state index contributed by atoms with van der Waals surface area (Å²) in [4.78, 5) is 29.1. The summed E-state index contributed by atoms with van der Waals surface area (Å²) in [6.45, 7) is 1.82. The van der Waals surface area contributed by atoms with E-state index in [0.29, 0.717) is 34.2 Å². The number of fused-ring (bicyclic) bond motifs is 1. The average Bonchev–Trinajstić information content (AvgIpc) is 3.59. The fourth-order valence-electron chi connectivity index (χ4n) is 6.33. The van der Waals surface area contributed by atoms with Crippen LogP contribution in [0.4, 0.5) is 0 Å². The third-order valence-corrected chi connectivity index (χ3v) is 10.00. The fraction of sp³-hybridized carbons (Fsp3) is 0.333. The van der Waals surface area contributed by atoms with Gasteiger partial charge in [0.25, 0.3) is 0 Å². The van der Waals surface area contributed by atoms with Gasteiger partial charge < -0.3 is 20.1 Å². The van der Waals surface area contributed by atoms with Crippen LogP contribution >= 0.6 is 33.9 Å². The molecule has 3 N–H and O–H groups in total. The molecule has 42 heavy (non-hydrogen) atoms. The Bertz CT molecular complexity index is 1520. The summed E-state index contributed by atoms with van der Waals surface area (Å²) in [6, 6.07) is 17.3. The van der Waals surface area contributed by atoms with Gasteiger partial charge in [0.15, 0.2) is 11.5 Å². The number of phenolic OH excluding ortho intramolecular Hbond substituents is 1. The van der Waals surface area contributed by atoms with Crippen molar-refractivity contribution in [3.63, 3.8) is 0 Å². The van der Waals surface area contributed by atoms with Gasteiger partial charge >= 0.3 is 0 Å². The molecule has 1 aromatic heterocycles. The molecular weight excluding hydrogens is 665 g/mol. The van der Waals surface area contributed by atoms with Crippen LogP contribution in [0.25, 0.3) is 11.6 Å². The molecule has 0 unspecified atom stereocenters. The molecule has 220 valence electrons. The number of benzene rings is 2. The molecule has 1 aliphatic carbocycles. The number of carbonyl (C=O) groups is 2. The van der Waals surface area contributed by atoms with Crippen LogP contribution in [0.3, 0.4) is 0 Å². The van der Waals surface area contributed by atoms with Crippen LogP contribution in [-0.4, -0.2) is 51.9 Å². The number of imide groups is 1. The van der Waals surface area contributed by atoms with E-state index in [-0.39, 0.29) is 30.7 Å². The highest BCUT2D eigenvalue weighted by Crippen LogP contribution is 2.46. The van der Waals surface area contributed by atoms with Crippen molar-refractivity contribution in [2.24, 2.45) is 17.8 Å². The number of rotatable bonds is 10. The van der Waals surface area contributed by atoms with Crippen molar-refractivity contribution in [1.82, 2.24) is 4.90 Å². The predicted octanol–water partition coefficient (Wildman–Crippen LogP) is 5.88. The Labute approximate surface area is 263 Å². The Balaban J connectivity index is 1.39. The van der Waals surface area contributed by atoms with Crippen LogP contribution in [0.15, 0.2) is 71.1 Å². The van der Waals surface area contributed by atoms with Gasteiger partial charge in [-0.1, -0.05) is 48.0 Å². The van der Waals surface area contributed by atoms with Gasteiger partial charge in [0, 0.05) is 10.8 Å². The van der Waals surface area contributed by atoms with Crippen molar-refractivity contribution in [3.05, 3.63) is 90.7 Å². The number of halogens is 1. The van der Waals surface area contributed by atoms with E-state index in [9.17, 15) is 24.9 Å². The highest BCUT2D eigenvalue weighted by Gasteiger charge is 2.54. The molecule has 2 aromatic carbocycles. The number of aliphatic hydroxyl groups excluding tert-OH is 2. The van der Waals surface area contributed by atoms with Crippen molar-refractivity contribution < 1.29 is 29.6 Å². The third-order valence-electron chi connectivity index (χ3n) is 8.31. The average molecular weight is 700 g/mol. The Hall–Kier alpha value is -2.99. The second-order valence-corrected chi connectivity index (χ2v) is 13.0. The van der Waals surface area contributed by atoms with Crippen LogP contribution in [-0.2, 0) is 16.1 Å². The van der Waals surface area contributed by atoms with Crippen molar-refractivity contribution >= 4 is 57.4 Å². The van der Waals surface area contributed by atoms with Crippen LogP contribution in [0.2, 0.25) is 0 Å². The van der Waals surface area contributed by atoms with Gasteiger partial charge in [0.05, 0.1) is 41.8 Å². The molecule has 0 saturated carbocycles. The summed E-state index contributed by atoms with van der Waals surface area (Å²) >= 11 is 3.57. The lowest BCUT2D eigenvalue weighted by atomic mass is 9.68. The number of hydrogen-bond acceptors (Lipinski definition) is 7. The Morgan fingerprint density at radius 3 is 2.60 bits per heavy atom. The van der Waals surface area contributed by atoms with Gasteiger partial charge in [0.1, 0.15) is 0 Å². The lowest BCUT2D eigenvalue weighted by Crippen LogP contribution is -2.38. The van der Waals surface area contributed by atoms with E-state index in [0.717, 1.165) is 27.2 Å². The van der Waals surface area contributed by atoms with Gasteiger partial charge in [-0.2, -0.15) is 0 Å². The second kappa shape index (κ2) is 13.1. The molecule has 1 saturated heterocycles. The summed E-state index contributed by atoms with van der Waals surface area (Å²) in [5.41, 5.74) is 4.38. The minimum atomic E-state index is -0.890. The molecule has 1 fully saturated rings. The normalized spacial score (nSPS) is 21.6. The molecule has 9 heteroatoms. The van der Waals surface area contributed by atoms with Crippen LogP contribution in [0.5, 0.6) is 11.5 Å². The third kappa shape index (κ3) is 6.06. The van der Waals surface area contributed by atoms with Crippen molar-refractivity contribution in [1.29, 1.82) is 0 Å². The first-order chi connectivity index (χ1) is 20.2. The molecule has 0 radical (unpaired) electrons. The maximum atomic E-state index is 13.5. The van der Waals surface area contributed by atoms with E-state index in [1.165, 1.54) is 23.3 Å². The number of aliphatic hydroxyl groups is 2. The predicted molar refractivity (Wildman–Crippen MR) is 172 cm³/mol. The largest absolute Gasteiger partial charge is 0.504 e. The lowest BCUT2D eigenvalue weighted by molar-refractivity contribution is -0.140. The topological polar surface area (TPSA) is 107 Å². The van der Waals surface area contributed by atoms with E-state index in [1.54, 1.807) is 6.07 Å². The maximum Gasteiger partial charge on any atom is 0.234 e. The van der Waals surface area contributed by atoms with Crippen LogP contribution in [0, 0.1) is 21.3 Å². The molecule has 2 aliphatic rings. The number of hydrogen-bond donors (Lipinski definition) is 3. The minimum absolute atomic E-state index is 0.0916. The van der Waals surface area contributed by atoms with Crippen molar-refractivity contribution in [2.75, 3.05) is 13.7 Å². The maximum absolute atomic E-state index is 13.5. The molecule has 7 nitrogen and oxygen atoms in total. The quantitative estimate of drug-likeness (QED) is 0.106. The zero-order valence-corrected chi connectivity index (χ0v) is 26.5. The highest BCUT2D eigenvalue weighted by molar-refractivity contribution is 14.1. The summed E-state index contributed by atoms with van der Waals surface area (Å²) in [5.74, 6) is -1.80. The lowest BCUT2D eigenvalue weighted by Gasteiger charge is -2.35. The molecule has 2 amide bonds. The zero-order chi connectivity index (χ0) is 30.0. The number of aromatic hydroxyl groups is 1. The standard InChI is InChI=1S/C33H34INO6S/c1-19-13-24-30(33(40)35(32(24)39)17-23-9-6-12-42-23)25(18-36)29(19)27(37)11-10-22(21-7-4-3-5-8-21)14-20-15-26(34)31(38)28(16-20)41-2/h3-9,12,14-16,24-25,27,30,36-38H,10-11,13,17-18H2,1-2H3/b22-14-/t24-,25+,27-,30-/m1/s1. The van der Waals surface area contributed by atoms with E-state index < -0.39 is 23.9 Å². The number of phenols is 1. The van der Waals surface area contributed by atoms with Gasteiger partial charge in [-0.25, -0.2) is 0 Å². The smallest absolute Gasteiger partial charge is 0.234 e.